The zero-order valence-electron chi connectivity index (χ0n) is 12.8. The zero-order valence-corrected chi connectivity index (χ0v) is 13.7. The molecule has 112 valence electrons. The first kappa shape index (κ1) is 15.6. The van der Waals surface area contributed by atoms with Crippen molar-refractivity contribution in [3.8, 4) is 0 Å². The second kappa shape index (κ2) is 7.27. The van der Waals surface area contributed by atoms with E-state index in [9.17, 15) is 4.79 Å². The van der Waals surface area contributed by atoms with Gasteiger partial charge in [0.1, 0.15) is 0 Å². The number of carbonyl (C=O) groups is 1. The van der Waals surface area contributed by atoms with E-state index in [2.05, 4.69) is 34.5 Å². The normalized spacial score (nSPS) is 10.4. The number of rotatable bonds is 6. The Balaban J connectivity index is 1.73. The van der Waals surface area contributed by atoms with Crippen molar-refractivity contribution < 1.29 is 4.79 Å². The van der Waals surface area contributed by atoms with Crippen LogP contribution in [-0.4, -0.2) is 26.5 Å². The molecular formula is C17H22N2OS. The standard InChI is InChI=1S/C17H22N2OS/c1-13-6-11-16(21-13)17(20)18-12-4-5-14-7-9-15(10-8-14)19(2)3/h6-11H,4-5,12H2,1-3H3,(H,18,20). The van der Waals surface area contributed by atoms with Crippen LogP contribution in [0.4, 0.5) is 5.69 Å². The fraction of sp³-hybridized carbons (Fsp3) is 0.353. The van der Waals surface area contributed by atoms with Crippen molar-refractivity contribution in [2.75, 3.05) is 25.5 Å². The number of aryl methyl sites for hydroxylation is 2. The minimum atomic E-state index is 0.0380. The van der Waals surface area contributed by atoms with E-state index in [0.717, 1.165) is 17.7 Å². The topological polar surface area (TPSA) is 32.3 Å². The van der Waals surface area contributed by atoms with Crippen molar-refractivity contribution in [3.63, 3.8) is 0 Å². The molecule has 0 aliphatic heterocycles. The smallest absolute Gasteiger partial charge is 0.261 e. The number of nitrogens with one attached hydrogen (secondary N) is 1. The Morgan fingerprint density at radius 1 is 1.14 bits per heavy atom. The molecule has 1 heterocycles. The van der Waals surface area contributed by atoms with Gasteiger partial charge < -0.3 is 10.2 Å². The summed E-state index contributed by atoms with van der Waals surface area (Å²) in [6, 6.07) is 12.4. The van der Waals surface area contributed by atoms with Crippen LogP contribution in [0.25, 0.3) is 0 Å². The predicted octanol–water partition coefficient (Wildman–Crippen LogP) is 3.49. The lowest BCUT2D eigenvalue weighted by atomic mass is 10.1. The average molecular weight is 302 g/mol. The van der Waals surface area contributed by atoms with E-state index < -0.39 is 0 Å². The molecule has 0 saturated carbocycles. The maximum Gasteiger partial charge on any atom is 0.261 e. The van der Waals surface area contributed by atoms with Gasteiger partial charge in [-0.1, -0.05) is 12.1 Å². The van der Waals surface area contributed by atoms with Gasteiger partial charge in [0.15, 0.2) is 0 Å². The van der Waals surface area contributed by atoms with Crippen LogP contribution < -0.4 is 10.2 Å². The monoisotopic (exact) mass is 302 g/mol. The van der Waals surface area contributed by atoms with E-state index in [1.54, 1.807) is 0 Å². The van der Waals surface area contributed by atoms with Gasteiger partial charge in [0, 0.05) is 31.2 Å². The number of anilines is 1. The molecule has 21 heavy (non-hydrogen) atoms. The molecule has 1 amide bonds. The molecule has 0 spiro atoms. The summed E-state index contributed by atoms with van der Waals surface area (Å²) in [5, 5.41) is 2.98. The molecule has 1 aromatic carbocycles. The fourth-order valence-electron chi connectivity index (χ4n) is 2.10. The highest BCUT2D eigenvalue weighted by atomic mass is 32.1. The van der Waals surface area contributed by atoms with Gasteiger partial charge >= 0.3 is 0 Å². The molecule has 0 aliphatic carbocycles. The first-order chi connectivity index (χ1) is 10.1. The predicted molar refractivity (Wildman–Crippen MR) is 90.5 cm³/mol. The number of hydrogen-bond donors (Lipinski definition) is 1. The molecule has 2 rings (SSSR count). The van der Waals surface area contributed by atoms with Crippen molar-refractivity contribution in [2.45, 2.75) is 19.8 Å². The van der Waals surface area contributed by atoms with Gasteiger partial charge in [-0.2, -0.15) is 0 Å². The maximum absolute atomic E-state index is 11.9. The number of amides is 1. The van der Waals surface area contributed by atoms with E-state index in [1.165, 1.54) is 27.5 Å². The van der Waals surface area contributed by atoms with Crippen molar-refractivity contribution in [1.29, 1.82) is 0 Å². The van der Waals surface area contributed by atoms with Crippen LogP contribution in [0.2, 0.25) is 0 Å². The first-order valence-electron chi connectivity index (χ1n) is 7.17. The lowest BCUT2D eigenvalue weighted by Crippen LogP contribution is -2.23. The second-order valence-corrected chi connectivity index (χ2v) is 6.62. The Bertz CT molecular complexity index is 587. The molecule has 0 fully saturated rings. The summed E-state index contributed by atoms with van der Waals surface area (Å²) in [6.07, 6.45) is 1.94. The Kier molecular flexibility index (Phi) is 5.39. The third kappa shape index (κ3) is 4.60. The highest BCUT2D eigenvalue weighted by molar-refractivity contribution is 7.13. The van der Waals surface area contributed by atoms with Gasteiger partial charge in [0.2, 0.25) is 0 Å². The van der Waals surface area contributed by atoms with Gasteiger partial charge in [0.05, 0.1) is 4.88 Å². The number of nitrogens with zero attached hydrogens (tertiary/aromatic N) is 1. The summed E-state index contributed by atoms with van der Waals surface area (Å²) in [5.41, 5.74) is 2.52. The Morgan fingerprint density at radius 2 is 1.86 bits per heavy atom. The summed E-state index contributed by atoms with van der Waals surface area (Å²) in [6.45, 7) is 2.73. The molecule has 0 saturated heterocycles. The average Bonchev–Trinajstić information content (AvgIpc) is 2.90. The highest BCUT2D eigenvalue weighted by Crippen LogP contribution is 2.15. The Labute approximate surface area is 130 Å². The first-order valence-corrected chi connectivity index (χ1v) is 7.99. The van der Waals surface area contributed by atoms with Crippen LogP contribution in [0.3, 0.4) is 0 Å². The van der Waals surface area contributed by atoms with Crippen molar-refractivity contribution in [2.24, 2.45) is 0 Å². The molecule has 0 aliphatic rings. The third-order valence-electron chi connectivity index (χ3n) is 3.34. The maximum atomic E-state index is 11.9. The second-order valence-electron chi connectivity index (χ2n) is 5.33. The third-order valence-corrected chi connectivity index (χ3v) is 4.34. The SMILES string of the molecule is Cc1ccc(C(=O)NCCCc2ccc(N(C)C)cc2)s1. The summed E-state index contributed by atoms with van der Waals surface area (Å²) in [4.78, 5) is 15.9. The molecule has 0 unspecified atom stereocenters. The van der Waals surface area contributed by atoms with Crippen LogP contribution in [-0.2, 0) is 6.42 Å². The summed E-state index contributed by atoms with van der Waals surface area (Å²) in [7, 11) is 4.08. The minimum absolute atomic E-state index is 0.0380. The molecule has 3 nitrogen and oxygen atoms in total. The van der Waals surface area contributed by atoms with E-state index in [4.69, 9.17) is 0 Å². The molecule has 0 bridgehead atoms. The van der Waals surface area contributed by atoms with E-state index in [-0.39, 0.29) is 5.91 Å². The van der Waals surface area contributed by atoms with Crippen LogP contribution in [0.5, 0.6) is 0 Å². The zero-order chi connectivity index (χ0) is 15.2. The lowest BCUT2D eigenvalue weighted by molar-refractivity contribution is 0.0957. The van der Waals surface area contributed by atoms with Gasteiger partial charge in [-0.15, -0.1) is 11.3 Å². The van der Waals surface area contributed by atoms with Crippen molar-refractivity contribution in [1.82, 2.24) is 5.32 Å². The minimum Gasteiger partial charge on any atom is -0.378 e. The summed E-state index contributed by atoms with van der Waals surface area (Å²) < 4.78 is 0. The Hall–Kier alpha value is -1.81. The summed E-state index contributed by atoms with van der Waals surface area (Å²) in [5.74, 6) is 0.0380. The number of thiophene rings is 1. The largest absolute Gasteiger partial charge is 0.378 e. The van der Waals surface area contributed by atoms with E-state index >= 15 is 0 Å². The fourth-order valence-corrected chi connectivity index (χ4v) is 2.88. The molecule has 2 aromatic rings. The molecule has 4 heteroatoms. The van der Waals surface area contributed by atoms with Gasteiger partial charge in [0.25, 0.3) is 5.91 Å². The van der Waals surface area contributed by atoms with Crippen LogP contribution in [0, 0.1) is 6.92 Å². The molecule has 1 aromatic heterocycles. The summed E-state index contributed by atoms with van der Waals surface area (Å²) >= 11 is 1.54. The van der Waals surface area contributed by atoms with Crippen molar-refractivity contribution in [3.05, 3.63) is 51.7 Å². The molecule has 0 radical (unpaired) electrons. The van der Waals surface area contributed by atoms with Crippen molar-refractivity contribution >= 4 is 22.9 Å². The quantitative estimate of drug-likeness (QED) is 0.829. The number of hydrogen-bond acceptors (Lipinski definition) is 3. The van der Waals surface area contributed by atoms with Gasteiger partial charge in [-0.3, -0.25) is 4.79 Å². The highest BCUT2D eigenvalue weighted by Gasteiger charge is 2.06. The lowest BCUT2D eigenvalue weighted by Gasteiger charge is -2.12. The number of benzene rings is 1. The Morgan fingerprint density at radius 3 is 2.43 bits per heavy atom. The molecule has 1 N–H and O–H groups in total. The van der Waals surface area contributed by atoms with E-state index in [1.807, 2.05) is 33.2 Å². The van der Waals surface area contributed by atoms with Crippen LogP contribution >= 0.6 is 11.3 Å². The van der Waals surface area contributed by atoms with Gasteiger partial charge in [-0.25, -0.2) is 0 Å². The van der Waals surface area contributed by atoms with Crippen LogP contribution in [0.15, 0.2) is 36.4 Å². The van der Waals surface area contributed by atoms with E-state index in [0.29, 0.717) is 6.54 Å². The van der Waals surface area contributed by atoms with Crippen LogP contribution in [0.1, 0.15) is 26.5 Å². The van der Waals surface area contributed by atoms with Gasteiger partial charge in [-0.05, 0) is 49.6 Å². The molecular weight excluding hydrogens is 280 g/mol. The number of carbonyl (C=O) groups excluding carboxylic acids is 1. The molecule has 0 atom stereocenters.